The van der Waals surface area contributed by atoms with Crippen LogP contribution in [0.4, 0.5) is 0 Å². The molecule has 0 saturated heterocycles. The first-order valence-corrected chi connectivity index (χ1v) is 4.57. The van der Waals surface area contributed by atoms with Gasteiger partial charge in [-0.05, 0) is 26.0 Å². The number of ether oxygens (including phenoxy) is 1. The van der Waals surface area contributed by atoms with E-state index in [0.717, 1.165) is 0 Å². The van der Waals surface area contributed by atoms with Crippen molar-refractivity contribution in [1.82, 2.24) is 0 Å². The second-order valence-corrected chi connectivity index (χ2v) is 3.68. The highest BCUT2D eigenvalue weighted by Gasteiger charge is 2.07. The van der Waals surface area contributed by atoms with Gasteiger partial charge in [-0.1, -0.05) is 11.8 Å². The van der Waals surface area contributed by atoms with Gasteiger partial charge in [-0.25, -0.2) is 0 Å². The normalized spacial score (nSPS) is 9.88. The molecule has 0 aliphatic rings. The molecule has 16 heavy (non-hydrogen) atoms. The van der Waals surface area contributed by atoms with Crippen LogP contribution in [0.3, 0.4) is 0 Å². The van der Waals surface area contributed by atoms with Crippen LogP contribution in [0.15, 0.2) is 18.2 Å². The molecule has 0 radical (unpaired) electrons. The molecule has 1 rings (SSSR count). The Morgan fingerprint density at radius 3 is 2.62 bits per heavy atom. The molecule has 0 heterocycles. The Balaban J connectivity index is 3.07. The maximum atomic E-state index is 9.48. The molecular formula is C12H11NO3. The Morgan fingerprint density at radius 2 is 2.06 bits per heavy atom. The number of benzene rings is 1. The molecule has 4 nitrogen and oxygen atoms in total. The highest BCUT2D eigenvalue weighted by Crippen LogP contribution is 2.22. The lowest BCUT2D eigenvalue weighted by Crippen LogP contribution is -2.14. The Labute approximate surface area is 93.7 Å². The fraction of sp³-hybridized carbons (Fsp3) is 0.250. The van der Waals surface area contributed by atoms with Gasteiger partial charge in [-0.15, -0.1) is 5.26 Å². The van der Waals surface area contributed by atoms with Crippen LogP contribution in [0.5, 0.6) is 11.5 Å². The van der Waals surface area contributed by atoms with Crippen molar-refractivity contribution in [2.75, 3.05) is 0 Å². The number of aromatic hydroxyl groups is 1. The van der Waals surface area contributed by atoms with Gasteiger partial charge >= 0.3 is 0 Å². The minimum Gasteiger partial charge on any atom is -0.507 e. The van der Waals surface area contributed by atoms with Crippen LogP contribution in [0.25, 0.3) is 0 Å². The second kappa shape index (κ2) is 4.57. The van der Waals surface area contributed by atoms with Crippen molar-refractivity contribution >= 4 is 0 Å². The third-order valence-corrected chi connectivity index (χ3v) is 1.63. The van der Waals surface area contributed by atoms with Crippen LogP contribution in [0.1, 0.15) is 19.4 Å². The summed E-state index contributed by atoms with van der Waals surface area (Å²) in [4.78, 5) is 0. The van der Waals surface area contributed by atoms with Gasteiger partial charge in [-0.3, -0.25) is 0 Å². The van der Waals surface area contributed by atoms with Gasteiger partial charge < -0.3 is 14.9 Å². The molecule has 4 heteroatoms. The van der Waals surface area contributed by atoms with E-state index >= 15 is 0 Å². The van der Waals surface area contributed by atoms with Gasteiger partial charge in [0.05, 0.1) is 5.56 Å². The van der Waals surface area contributed by atoms with Crippen molar-refractivity contribution in [3.63, 3.8) is 0 Å². The minimum absolute atomic E-state index is 0.0259. The van der Waals surface area contributed by atoms with Gasteiger partial charge in [-0.2, -0.15) is 0 Å². The zero-order chi connectivity index (χ0) is 12.2. The number of aliphatic hydroxyl groups is 1. The summed E-state index contributed by atoms with van der Waals surface area (Å²) in [6, 6.07) is 4.26. The van der Waals surface area contributed by atoms with Crippen LogP contribution >= 0.6 is 0 Å². The number of phenols is 1. The fourth-order valence-corrected chi connectivity index (χ4v) is 0.952. The van der Waals surface area contributed by atoms with Gasteiger partial charge in [0.15, 0.2) is 0 Å². The predicted octanol–water partition coefficient (Wildman–Crippen LogP) is 1.37. The number of phenolic OH excluding ortho intramolecular Hbond substituents is 1. The molecule has 0 aromatic heterocycles. The van der Waals surface area contributed by atoms with Crippen LogP contribution < -0.4 is 4.74 Å². The van der Waals surface area contributed by atoms with Gasteiger partial charge in [0, 0.05) is 6.07 Å². The van der Waals surface area contributed by atoms with E-state index in [4.69, 9.17) is 5.26 Å². The highest BCUT2D eigenvalue weighted by atomic mass is 16.5. The van der Waals surface area contributed by atoms with Crippen molar-refractivity contribution in [3.05, 3.63) is 23.8 Å². The summed E-state index contributed by atoms with van der Waals surface area (Å²) in [6.45, 7) is 3.07. The van der Waals surface area contributed by atoms with E-state index in [2.05, 4.69) is 16.6 Å². The van der Waals surface area contributed by atoms with Crippen LogP contribution in [0.2, 0.25) is 0 Å². The number of hydrogen-bond donors (Lipinski definition) is 2. The van der Waals surface area contributed by atoms with Crippen LogP contribution in [0, 0.1) is 23.4 Å². The highest BCUT2D eigenvalue weighted by molar-refractivity contribution is 5.50. The molecule has 2 N–H and O–H groups in total. The van der Waals surface area contributed by atoms with Crippen molar-refractivity contribution < 1.29 is 14.9 Å². The van der Waals surface area contributed by atoms with Gasteiger partial charge in [0.2, 0.25) is 0 Å². The lowest BCUT2D eigenvalue weighted by molar-refractivity contribution is 0.143. The molecule has 0 aliphatic carbocycles. The minimum atomic E-state index is -1.14. The molecule has 0 atom stereocenters. The maximum Gasteiger partial charge on any atom is 0.292 e. The lowest BCUT2D eigenvalue weighted by Gasteiger charge is -2.06. The second-order valence-electron chi connectivity index (χ2n) is 3.68. The first-order chi connectivity index (χ1) is 7.42. The van der Waals surface area contributed by atoms with Crippen molar-refractivity contribution in [1.29, 1.82) is 5.26 Å². The van der Waals surface area contributed by atoms with Crippen LogP contribution in [-0.2, 0) is 0 Å². The molecule has 0 spiro atoms. The molecule has 0 saturated carbocycles. The standard InChI is InChI=1S/C12H11NO3/c1-12(2,15)6-5-9-7-10(16-8-13)3-4-11(9)14/h3-4,7,14-15H,1-2H3. The molecule has 0 amide bonds. The Morgan fingerprint density at radius 1 is 1.38 bits per heavy atom. The van der Waals surface area contributed by atoms with E-state index in [1.807, 2.05) is 0 Å². The summed E-state index contributed by atoms with van der Waals surface area (Å²) in [5.74, 6) is 5.43. The molecule has 0 fully saturated rings. The molecule has 0 bridgehead atoms. The Bertz CT molecular complexity index is 484. The Hall–Kier alpha value is -2.17. The van der Waals surface area contributed by atoms with E-state index in [1.54, 1.807) is 0 Å². The van der Waals surface area contributed by atoms with E-state index < -0.39 is 5.60 Å². The predicted molar refractivity (Wildman–Crippen MR) is 57.5 cm³/mol. The number of hydrogen-bond acceptors (Lipinski definition) is 4. The fourth-order valence-electron chi connectivity index (χ4n) is 0.952. The van der Waals surface area contributed by atoms with E-state index in [9.17, 15) is 10.2 Å². The quantitative estimate of drug-likeness (QED) is 0.550. The number of rotatable bonds is 1. The van der Waals surface area contributed by atoms with Crippen molar-refractivity contribution in [2.24, 2.45) is 0 Å². The summed E-state index contributed by atoms with van der Waals surface area (Å²) in [6.07, 6.45) is 1.52. The summed E-state index contributed by atoms with van der Waals surface area (Å²) in [5.41, 5.74) is -0.840. The molecule has 1 aromatic carbocycles. The Kier molecular flexibility index (Phi) is 3.40. The van der Waals surface area contributed by atoms with E-state index in [1.165, 1.54) is 38.3 Å². The summed E-state index contributed by atoms with van der Waals surface area (Å²) in [7, 11) is 0. The topological polar surface area (TPSA) is 73.5 Å². The summed E-state index contributed by atoms with van der Waals surface area (Å²) in [5, 5.41) is 27.2. The van der Waals surface area contributed by atoms with Crippen molar-refractivity contribution in [2.45, 2.75) is 19.4 Å². The molecule has 0 unspecified atom stereocenters. The first kappa shape index (κ1) is 11.9. The average molecular weight is 217 g/mol. The number of nitriles is 1. The zero-order valence-electron chi connectivity index (χ0n) is 8.98. The van der Waals surface area contributed by atoms with Crippen LogP contribution in [-0.4, -0.2) is 15.8 Å². The molecule has 0 aliphatic heterocycles. The van der Waals surface area contributed by atoms with E-state index in [-0.39, 0.29) is 5.75 Å². The van der Waals surface area contributed by atoms with E-state index in [0.29, 0.717) is 11.3 Å². The molecule has 82 valence electrons. The third kappa shape index (κ3) is 3.53. The first-order valence-electron chi connectivity index (χ1n) is 4.57. The van der Waals surface area contributed by atoms with Gasteiger partial charge in [0.25, 0.3) is 6.26 Å². The SMILES string of the molecule is CC(C)(O)C#Cc1cc(OC#N)ccc1O. The number of nitrogens with zero attached hydrogens (tertiary/aromatic N) is 1. The van der Waals surface area contributed by atoms with Crippen molar-refractivity contribution in [3.8, 4) is 29.6 Å². The maximum absolute atomic E-state index is 9.48. The average Bonchev–Trinajstić information content (AvgIpc) is 2.18. The smallest absolute Gasteiger partial charge is 0.292 e. The summed E-state index contributed by atoms with van der Waals surface area (Å²) < 4.78 is 4.60. The van der Waals surface area contributed by atoms with Gasteiger partial charge in [0.1, 0.15) is 17.1 Å². The zero-order valence-corrected chi connectivity index (χ0v) is 8.98. The lowest BCUT2D eigenvalue weighted by atomic mass is 10.1. The molecule has 1 aromatic rings. The monoisotopic (exact) mass is 217 g/mol. The summed E-state index contributed by atoms with van der Waals surface area (Å²) >= 11 is 0. The largest absolute Gasteiger partial charge is 0.507 e. The third-order valence-electron chi connectivity index (χ3n) is 1.63. The molecular weight excluding hydrogens is 206 g/mol.